The molecule has 0 amide bonds. The van der Waals surface area contributed by atoms with Crippen LogP contribution in [0.25, 0.3) is 22.4 Å². The number of nitriles is 1. The standard InChI is InChI=1S/C18H16N4O2/c1-13-8-9-14(12-17(13)22(23)24)18-20-15-6-2-3-7-16(15)21(18)11-5-4-10-19/h2-3,6-9,12H,4-5,11H2,1H3. The highest BCUT2D eigenvalue weighted by atomic mass is 16.6. The van der Waals surface area contributed by atoms with Gasteiger partial charge in [-0.15, -0.1) is 0 Å². The molecule has 6 nitrogen and oxygen atoms in total. The van der Waals surface area contributed by atoms with Crippen LogP contribution in [0.4, 0.5) is 5.69 Å². The second kappa shape index (κ2) is 6.50. The van der Waals surface area contributed by atoms with Crippen LogP contribution in [0.2, 0.25) is 0 Å². The van der Waals surface area contributed by atoms with E-state index < -0.39 is 0 Å². The third-order valence-corrected chi connectivity index (χ3v) is 3.99. The number of para-hydroxylation sites is 2. The summed E-state index contributed by atoms with van der Waals surface area (Å²) in [4.78, 5) is 15.5. The monoisotopic (exact) mass is 320 g/mol. The fraction of sp³-hybridized carbons (Fsp3) is 0.222. The first-order valence-corrected chi connectivity index (χ1v) is 7.69. The molecule has 0 spiro atoms. The van der Waals surface area contributed by atoms with Crippen LogP contribution in [0.5, 0.6) is 0 Å². The molecule has 0 bridgehead atoms. The third-order valence-electron chi connectivity index (χ3n) is 3.99. The Morgan fingerprint density at radius 1 is 1.29 bits per heavy atom. The van der Waals surface area contributed by atoms with Crippen LogP contribution < -0.4 is 0 Å². The summed E-state index contributed by atoms with van der Waals surface area (Å²) in [6.07, 6.45) is 1.16. The van der Waals surface area contributed by atoms with Gasteiger partial charge in [-0.25, -0.2) is 4.98 Å². The van der Waals surface area contributed by atoms with Crippen LogP contribution in [0, 0.1) is 28.4 Å². The van der Waals surface area contributed by atoms with E-state index in [9.17, 15) is 10.1 Å². The number of nitro groups is 1. The number of fused-ring (bicyclic) bond motifs is 1. The van der Waals surface area contributed by atoms with Gasteiger partial charge in [0, 0.05) is 30.2 Å². The minimum absolute atomic E-state index is 0.0862. The Morgan fingerprint density at radius 2 is 2.08 bits per heavy atom. The van der Waals surface area contributed by atoms with Crippen molar-refractivity contribution in [2.75, 3.05) is 0 Å². The van der Waals surface area contributed by atoms with E-state index in [4.69, 9.17) is 5.26 Å². The average Bonchev–Trinajstić information content (AvgIpc) is 2.94. The summed E-state index contributed by atoms with van der Waals surface area (Å²) < 4.78 is 2.03. The zero-order valence-corrected chi connectivity index (χ0v) is 13.3. The molecule has 0 fully saturated rings. The summed E-state index contributed by atoms with van der Waals surface area (Å²) in [6.45, 7) is 2.36. The fourth-order valence-corrected chi connectivity index (χ4v) is 2.78. The van der Waals surface area contributed by atoms with Gasteiger partial charge in [0.25, 0.3) is 5.69 Å². The molecule has 1 aromatic heterocycles. The topological polar surface area (TPSA) is 84.8 Å². The van der Waals surface area contributed by atoms with Gasteiger partial charge in [0.2, 0.25) is 0 Å². The smallest absolute Gasteiger partial charge is 0.273 e. The summed E-state index contributed by atoms with van der Waals surface area (Å²) in [7, 11) is 0. The second-order valence-electron chi connectivity index (χ2n) is 5.60. The molecule has 2 aromatic carbocycles. The summed E-state index contributed by atoms with van der Waals surface area (Å²) >= 11 is 0. The predicted octanol–water partition coefficient (Wildman–Crippen LogP) is 4.22. The number of nitrogens with zero attached hydrogens (tertiary/aromatic N) is 4. The predicted molar refractivity (Wildman–Crippen MR) is 91.4 cm³/mol. The van der Waals surface area contributed by atoms with E-state index in [1.54, 1.807) is 19.1 Å². The number of aromatic nitrogens is 2. The summed E-state index contributed by atoms with van der Waals surface area (Å²) in [5, 5.41) is 20.0. The van der Waals surface area contributed by atoms with E-state index in [0.29, 0.717) is 36.3 Å². The lowest BCUT2D eigenvalue weighted by molar-refractivity contribution is -0.385. The van der Waals surface area contributed by atoms with Crippen molar-refractivity contribution in [1.82, 2.24) is 9.55 Å². The number of imidazole rings is 1. The molecule has 0 unspecified atom stereocenters. The molecule has 1 heterocycles. The van der Waals surface area contributed by atoms with Gasteiger partial charge in [-0.2, -0.15) is 5.26 Å². The Hall–Kier alpha value is -3.20. The normalized spacial score (nSPS) is 10.7. The van der Waals surface area contributed by atoms with Gasteiger partial charge in [-0.1, -0.05) is 24.3 Å². The van der Waals surface area contributed by atoms with Crippen molar-refractivity contribution >= 4 is 16.7 Å². The SMILES string of the molecule is Cc1ccc(-c2nc3ccccc3n2CCCC#N)cc1[N+](=O)[O-]. The molecule has 0 radical (unpaired) electrons. The van der Waals surface area contributed by atoms with Crippen LogP contribution in [0.3, 0.4) is 0 Å². The highest BCUT2D eigenvalue weighted by Gasteiger charge is 2.17. The van der Waals surface area contributed by atoms with Gasteiger partial charge in [-0.3, -0.25) is 10.1 Å². The Labute approximate surface area is 139 Å². The molecule has 0 aliphatic carbocycles. The van der Waals surface area contributed by atoms with Crippen molar-refractivity contribution in [3.63, 3.8) is 0 Å². The van der Waals surface area contributed by atoms with Crippen molar-refractivity contribution in [3.05, 3.63) is 58.1 Å². The van der Waals surface area contributed by atoms with E-state index in [-0.39, 0.29) is 10.6 Å². The summed E-state index contributed by atoms with van der Waals surface area (Å²) in [6, 6.07) is 15.0. The molecule has 0 atom stereocenters. The maximum Gasteiger partial charge on any atom is 0.273 e. The molecule has 0 saturated carbocycles. The molecule has 3 rings (SSSR count). The lowest BCUT2D eigenvalue weighted by Gasteiger charge is -2.09. The number of unbranched alkanes of at least 4 members (excludes halogenated alkanes) is 1. The Morgan fingerprint density at radius 3 is 2.83 bits per heavy atom. The van der Waals surface area contributed by atoms with Gasteiger partial charge >= 0.3 is 0 Å². The minimum Gasteiger partial charge on any atom is -0.324 e. The third kappa shape index (κ3) is 2.84. The molecule has 120 valence electrons. The Bertz CT molecular complexity index is 953. The molecule has 3 aromatic rings. The number of benzene rings is 2. The van der Waals surface area contributed by atoms with E-state index in [2.05, 4.69) is 11.1 Å². The average molecular weight is 320 g/mol. The number of rotatable bonds is 5. The zero-order valence-electron chi connectivity index (χ0n) is 13.3. The zero-order chi connectivity index (χ0) is 17.1. The van der Waals surface area contributed by atoms with E-state index in [1.165, 1.54) is 0 Å². The molecular weight excluding hydrogens is 304 g/mol. The first-order valence-electron chi connectivity index (χ1n) is 7.69. The van der Waals surface area contributed by atoms with Crippen LogP contribution >= 0.6 is 0 Å². The van der Waals surface area contributed by atoms with Gasteiger partial charge in [0.1, 0.15) is 5.82 Å². The number of hydrogen-bond donors (Lipinski definition) is 0. The maximum absolute atomic E-state index is 11.2. The maximum atomic E-state index is 11.2. The Balaban J connectivity index is 2.15. The number of hydrogen-bond acceptors (Lipinski definition) is 4. The first kappa shape index (κ1) is 15.7. The molecule has 24 heavy (non-hydrogen) atoms. The molecule has 0 N–H and O–H groups in total. The number of nitro benzene ring substituents is 1. The van der Waals surface area contributed by atoms with Gasteiger partial charge in [0.05, 0.1) is 22.0 Å². The highest BCUT2D eigenvalue weighted by Crippen LogP contribution is 2.29. The van der Waals surface area contributed by atoms with Crippen molar-refractivity contribution in [1.29, 1.82) is 5.26 Å². The lowest BCUT2D eigenvalue weighted by atomic mass is 10.1. The van der Waals surface area contributed by atoms with Crippen molar-refractivity contribution in [2.24, 2.45) is 0 Å². The highest BCUT2D eigenvalue weighted by molar-refractivity contribution is 5.81. The van der Waals surface area contributed by atoms with Gasteiger partial charge < -0.3 is 4.57 Å². The number of aryl methyl sites for hydroxylation is 2. The van der Waals surface area contributed by atoms with Crippen molar-refractivity contribution in [3.8, 4) is 17.5 Å². The first-order chi connectivity index (χ1) is 11.6. The van der Waals surface area contributed by atoms with Crippen LogP contribution in [0.15, 0.2) is 42.5 Å². The van der Waals surface area contributed by atoms with Crippen LogP contribution in [-0.4, -0.2) is 14.5 Å². The minimum atomic E-state index is -0.374. The quantitative estimate of drug-likeness (QED) is 0.400. The fourth-order valence-electron chi connectivity index (χ4n) is 2.78. The van der Waals surface area contributed by atoms with Gasteiger partial charge in [-0.05, 0) is 25.5 Å². The molecule has 0 aliphatic rings. The molecule has 6 heteroatoms. The summed E-state index contributed by atoms with van der Waals surface area (Å²) in [5.41, 5.74) is 3.22. The van der Waals surface area contributed by atoms with Crippen molar-refractivity contribution < 1.29 is 4.92 Å². The van der Waals surface area contributed by atoms with Crippen LogP contribution in [-0.2, 0) is 6.54 Å². The largest absolute Gasteiger partial charge is 0.324 e. The van der Waals surface area contributed by atoms with Crippen LogP contribution in [0.1, 0.15) is 18.4 Å². The Kier molecular flexibility index (Phi) is 4.25. The lowest BCUT2D eigenvalue weighted by Crippen LogP contribution is -2.01. The van der Waals surface area contributed by atoms with E-state index in [0.717, 1.165) is 11.0 Å². The molecular formula is C18H16N4O2. The second-order valence-corrected chi connectivity index (χ2v) is 5.60. The van der Waals surface area contributed by atoms with E-state index in [1.807, 2.05) is 34.9 Å². The van der Waals surface area contributed by atoms with Crippen molar-refractivity contribution in [2.45, 2.75) is 26.3 Å². The molecule has 0 saturated heterocycles. The molecule has 0 aliphatic heterocycles. The van der Waals surface area contributed by atoms with E-state index >= 15 is 0 Å². The summed E-state index contributed by atoms with van der Waals surface area (Å²) in [5.74, 6) is 0.692. The van der Waals surface area contributed by atoms with Gasteiger partial charge in [0.15, 0.2) is 0 Å².